The van der Waals surface area contributed by atoms with E-state index in [9.17, 15) is 8.42 Å². The van der Waals surface area contributed by atoms with Crippen LogP contribution in [0.15, 0.2) is 36.5 Å². The van der Waals surface area contributed by atoms with Crippen molar-refractivity contribution in [3.8, 4) is 17.2 Å². The molecule has 11 nitrogen and oxygen atoms in total. The van der Waals surface area contributed by atoms with Crippen molar-refractivity contribution >= 4 is 27.6 Å². The van der Waals surface area contributed by atoms with E-state index in [1.807, 2.05) is 0 Å². The molecule has 1 aromatic carbocycles. The highest BCUT2D eigenvalue weighted by Crippen LogP contribution is 2.37. The SMILES string of the molecule is COc1cccc(OC)c1-n1c(NS(=O)(=O)C(C)C(C)c2ccc(Cl)cn2)nnc1[C@@H]1COCCO1. The highest BCUT2D eigenvalue weighted by molar-refractivity contribution is 7.93. The molecule has 3 heterocycles. The average Bonchev–Trinajstić information content (AvgIpc) is 3.30. The van der Waals surface area contributed by atoms with Crippen molar-refractivity contribution in [2.45, 2.75) is 31.1 Å². The number of hydrogen-bond acceptors (Lipinski definition) is 9. The Hall–Kier alpha value is -2.93. The van der Waals surface area contributed by atoms with Gasteiger partial charge in [0, 0.05) is 17.8 Å². The topological polar surface area (TPSA) is 127 Å². The molecule has 1 saturated heterocycles. The molecule has 0 bridgehead atoms. The van der Waals surface area contributed by atoms with E-state index < -0.39 is 27.3 Å². The van der Waals surface area contributed by atoms with Crippen molar-refractivity contribution in [3.05, 3.63) is 53.1 Å². The second-order valence-electron chi connectivity index (χ2n) is 8.20. The molecule has 1 aliphatic heterocycles. The Morgan fingerprint density at radius 1 is 1.11 bits per heavy atom. The van der Waals surface area contributed by atoms with E-state index >= 15 is 0 Å². The Morgan fingerprint density at radius 3 is 2.42 bits per heavy atom. The van der Waals surface area contributed by atoms with E-state index in [4.69, 9.17) is 30.5 Å². The normalized spacial score (nSPS) is 17.9. The van der Waals surface area contributed by atoms with E-state index in [2.05, 4.69) is 19.9 Å². The van der Waals surface area contributed by atoms with Gasteiger partial charge in [-0.1, -0.05) is 24.6 Å². The number of benzene rings is 1. The average molecular weight is 538 g/mol. The second-order valence-corrected chi connectivity index (χ2v) is 10.7. The summed E-state index contributed by atoms with van der Waals surface area (Å²) in [4.78, 5) is 4.27. The van der Waals surface area contributed by atoms with Crippen LogP contribution in [-0.2, 0) is 19.5 Å². The monoisotopic (exact) mass is 537 g/mol. The molecule has 0 aliphatic carbocycles. The summed E-state index contributed by atoms with van der Waals surface area (Å²) < 4.78 is 53.7. The summed E-state index contributed by atoms with van der Waals surface area (Å²) in [5.41, 5.74) is 1.02. The third-order valence-corrected chi connectivity index (χ3v) is 8.14. The van der Waals surface area contributed by atoms with E-state index in [0.717, 1.165) is 0 Å². The van der Waals surface area contributed by atoms with E-state index in [1.54, 1.807) is 44.2 Å². The largest absolute Gasteiger partial charge is 0.494 e. The molecule has 4 rings (SSSR count). The van der Waals surface area contributed by atoms with Crippen molar-refractivity contribution in [3.63, 3.8) is 0 Å². The lowest BCUT2D eigenvalue weighted by Gasteiger charge is -2.25. The Morgan fingerprint density at radius 2 is 1.83 bits per heavy atom. The quantitative estimate of drug-likeness (QED) is 0.437. The maximum Gasteiger partial charge on any atom is 0.243 e. The third kappa shape index (κ3) is 5.26. The number of sulfonamides is 1. The van der Waals surface area contributed by atoms with Crippen molar-refractivity contribution in [2.24, 2.45) is 0 Å². The highest BCUT2D eigenvalue weighted by atomic mass is 35.5. The van der Waals surface area contributed by atoms with E-state index in [-0.39, 0.29) is 12.6 Å². The van der Waals surface area contributed by atoms with Gasteiger partial charge in [0.05, 0.1) is 44.3 Å². The minimum atomic E-state index is -3.96. The first-order valence-corrected chi connectivity index (χ1v) is 13.2. The molecule has 0 spiro atoms. The van der Waals surface area contributed by atoms with Crippen molar-refractivity contribution < 1.29 is 27.4 Å². The summed E-state index contributed by atoms with van der Waals surface area (Å²) >= 11 is 5.93. The molecular weight excluding hydrogens is 510 g/mol. The second kappa shape index (κ2) is 11.0. The zero-order valence-corrected chi connectivity index (χ0v) is 21.9. The molecule has 3 aromatic rings. The number of aromatic nitrogens is 4. The Kier molecular flexibility index (Phi) is 7.98. The third-order valence-electron chi connectivity index (χ3n) is 6.06. The maximum atomic E-state index is 13.5. The van der Waals surface area contributed by atoms with Crippen molar-refractivity contribution in [1.29, 1.82) is 0 Å². The fourth-order valence-corrected chi connectivity index (χ4v) is 5.23. The predicted molar refractivity (Wildman–Crippen MR) is 134 cm³/mol. The number of para-hydroxylation sites is 1. The zero-order chi connectivity index (χ0) is 25.9. The number of hydrogen-bond donors (Lipinski definition) is 1. The summed E-state index contributed by atoms with van der Waals surface area (Å²) in [6.45, 7) is 4.44. The van der Waals surface area contributed by atoms with Gasteiger partial charge in [0.25, 0.3) is 0 Å². The first-order valence-electron chi connectivity index (χ1n) is 11.3. The van der Waals surface area contributed by atoms with Gasteiger partial charge in [0.1, 0.15) is 23.3 Å². The van der Waals surface area contributed by atoms with Crippen LogP contribution in [-0.4, -0.2) is 67.5 Å². The fourth-order valence-electron chi connectivity index (χ4n) is 3.87. The summed E-state index contributed by atoms with van der Waals surface area (Å²) in [6.07, 6.45) is 0.914. The van der Waals surface area contributed by atoms with Gasteiger partial charge in [0.2, 0.25) is 16.0 Å². The van der Waals surface area contributed by atoms with Crippen LogP contribution in [0.1, 0.15) is 37.4 Å². The van der Waals surface area contributed by atoms with Gasteiger partial charge in [0.15, 0.2) is 5.82 Å². The van der Waals surface area contributed by atoms with Crippen LogP contribution in [0.25, 0.3) is 5.69 Å². The molecule has 36 heavy (non-hydrogen) atoms. The van der Waals surface area contributed by atoms with Gasteiger partial charge >= 0.3 is 0 Å². The van der Waals surface area contributed by atoms with Gasteiger partial charge in [-0.3, -0.25) is 14.3 Å². The van der Waals surface area contributed by atoms with Crippen LogP contribution in [0, 0.1) is 0 Å². The molecular formula is C23H28ClN5O6S. The molecule has 0 amide bonds. The van der Waals surface area contributed by atoms with E-state index in [0.29, 0.717) is 46.9 Å². The molecule has 1 aliphatic rings. The standard InChI is InChI=1S/C23H28ClN5O6S/c1-14(17-9-8-16(24)12-25-17)15(2)36(30,31)28-23-27-26-22(20-13-34-10-11-35-20)29(23)21-18(32-3)6-5-7-19(21)33-4/h5-9,12,14-15,20H,10-11,13H2,1-4H3,(H,27,28)/t14?,15?,20-/m0/s1. The van der Waals surface area contributed by atoms with Crippen LogP contribution < -0.4 is 14.2 Å². The van der Waals surface area contributed by atoms with Gasteiger partial charge in [-0.05, 0) is 31.2 Å². The Bertz CT molecular complexity index is 1270. The molecule has 3 atom stereocenters. The molecule has 13 heteroatoms. The van der Waals surface area contributed by atoms with Gasteiger partial charge in [-0.15, -0.1) is 10.2 Å². The lowest BCUT2D eigenvalue weighted by atomic mass is 10.0. The summed E-state index contributed by atoms with van der Waals surface area (Å²) in [5.74, 6) is 0.727. The number of anilines is 1. The molecule has 194 valence electrons. The highest BCUT2D eigenvalue weighted by Gasteiger charge is 2.33. The molecule has 0 radical (unpaired) electrons. The molecule has 1 fully saturated rings. The molecule has 1 N–H and O–H groups in total. The van der Waals surface area contributed by atoms with Crippen LogP contribution in [0.4, 0.5) is 5.95 Å². The zero-order valence-electron chi connectivity index (χ0n) is 20.3. The smallest absolute Gasteiger partial charge is 0.243 e. The number of halogens is 1. The van der Waals surface area contributed by atoms with Crippen molar-refractivity contribution in [1.82, 2.24) is 19.7 Å². The summed E-state index contributed by atoms with van der Waals surface area (Å²) in [5, 5.41) is 8.04. The van der Waals surface area contributed by atoms with Crippen LogP contribution in [0.2, 0.25) is 5.02 Å². The number of nitrogens with one attached hydrogen (secondary N) is 1. The van der Waals surface area contributed by atoms with Gasteiger partial charge in [-0.25, -0.2) is 8.42 Å². The maximum absolute atomic E-state index is 13.5. The number of pyridine rings is 1. The fraction of sp³-hybridized carbons (Fsp3) is 0.435. The molecule has 0 saturated carbocycles. The number of methoxy groups -OCH3 is 2. The minimum absolute atomic E-state index is 0.0370. The van der Waals surface area contributed by atoms with Crippen molar-refractivity contribution in [2.75, 3.05) is 38.8 Å². The Labute approximate surface area is 214 Å². The lowest BCUT2D eigenvalue weighted by Crippen LogP contribution is -2.31. The lowest BCUT2D eigenvalue weighted by molar-refractivity contribution is -0.0941. The first-order chi connectivity index (χ1) is 17.3. The molecule has 2 aromatic heterocycles. The Balaban J connectivity index is 1.77. The number of ether oxygens (including phenoxy) is 4. The van der Waals surface area contributed by atoms with Crippen LogP contribution in [0.3, 0.4) is 0 Å². The van der Waals surface area contributed by atoms with Crippen LogP contribution in [0.5, 0.6) is 11.5 Å². The van der Waals surface area contributed by atoms with E-state index in [1.165, 1.54) is 25.0 Å². The predicted octanol–water partition coefficient (Wildman–Crippen LogP) is 3.35. The molecule has 2 unspecified atom stereocenters. The number of nitrogens with zero attached hydrogens (tertiary/aromatic N) is 4. The van der Waals surface area contributed by atoms with Gasteiger partial charge < -0.3 is 18.9 Å². The number of rotatable bonds is 9. The first kappa shape index (κ1) is 26.1. The summed E-state index contributed by atoms with van der Waals surface area (Å²) in [6, 6.07) is 8.61. The minimum Gasteiger partial charge on any atom is -0.494 e. The van der Waals surface area contributed by atoms with Crippen LogP contribution >= 0.6 is 11.6 Å². The summed E-state index contributed by atoms with van der Waals surface area (Å²) in [7, 11) is -0.940. The van der Waals surface area contributed by atoms with Gasteiger partial charge in [-0.2, -0.15) is 0 Å².